The van der Waals surface area contributed by atoms with Crippen molar-refractivity contribution in [3.8, 4) is 5.75 Å². The van der Waals surface area contributed by atoms with Gasteiger partial charge in [0.25, 0.3) is 0 Å². The topological polar surface area (TPSA) is 9.23 Å². The molecule has 0 aliphatic heterocycles. The molecule has 1 unspecified atom stereocenters. The van der Waals surface area contributed by atoms with E-state index in [-0.39, 0.29) is 0 Å². The van der Waals surface area contributed by atoms with Gasteiger partial charge in [0.15, 0.2) is 0 Å². The fourth-order valence-electron chi connectivity index (χ4n) is 2.85. The van der Waals surface area contributed by atoms with E-state index in [1.165, 1.54) is 28.9 Å². The molecule has 130 valence electrons. The van der Waals surface area contributed by atoms with Gasteiger partial charge in [-0.1, -0.05) is 31.2 Å². The minimum atomic E-state index is -0.962. The Morgan fingerprint density at radius 2 is 1.83 bits per heavy atom. The van der Waals surface area contributed by atoms with Gasteiger partial charge in [0.1, 0.15) is 5.75 Å². The molecule has 1 saturated carbocycles. The third-order valence-electron chi connectivity index (χ3n) is 4.65. The van der Waals surface area contributed by atoms with Gasteiger partial charge in [-0.15, -0.1) is 11.7 Å². The lowest BCUT2D eigenvalue weighted by Crippen LogP contribution is -2.01. The third-order valence-corrected chi connectivity index (χ3v) is 6.69. The Balaban J connectivity index is 1.62. The molecule has 0 spiro atoms. The lowest BCUT2D eigenvalue weighted by molar-refractivity contribution is 0.299. The van der Waals surface area contributed by atoms with Gasteiger partial charge in [-0.25, -0.2) is 0 Å². The molecule has 2 aromatic carbocycles. The molecule has 0 amide bonds. The average molecular weight is 361 g/mol. The van der Waals surface area contributed by atoms with E-state index in [2.05, 4.69) is 68.0 Å². The van der Waals surface area contributed by atoms with Gasteiger partial charge in [0.05, 0.1) is 6.61 Å². The molecular formula is C21H28OS2. The van der Waals surface area contributed by atoms with E-state index in [1.807, 2.05) is 0 Å². The van der Waals surface area contributed by atoms with Crippen LogP contribution in [0.1, 0.15) is 36.8 Å². The molecule has 1 aliphatic carbocycles. The van der Waals surface area contributed by atoms with E-state index < -0.39 is 9.06 Å². The highest BCUT2D eigenvalue weighted by molar-refractivity contribution is 8.87. The molecule has 24 heavy (non-hydrogen) atoms. The van der Waals surface area contributed by atoms with Gasteiger partial charge in [0, 0.05) is 0 Å². The first kappa shape index (κ1) is 17.8. The molecule has 3 heteroatoms. The number of ether oxygens (including phenoxy) is 1. The van der Waals surface area contributed by atoms with Crippen molar-refractivity contribution in [1.82, 2.24) is 0 Å². The molecule has 0 aromatic heterocycles. The molecule has 0 heterocycles. The summed E-state index contributed by atoms with van der Waals surface area (Å²) in [5.74, 6) is 2.30. The van der Waals surface area contributed by atoms with Crippen molar-refractivity contribution in [2.45, 2.75) is 37.0 Å². The van der Waals surface area contributed by atoms with Gasteiger partial charge in [-0.2, -0.15) is 9.06 Å². The van der Waals surface area contributed by atoms with E-state index in [0.29, 0.717) is 5.92 Å². The van der Waals surface area contributed by atoms with E-state index in [1.54, 1.807) is 0 Å². The number of benzene rings is 2. The number of hydrogen-bond acceptors (Lipinski definition) is 2. The number of hydrogen-bond donors (Lipinski definition) is 1. The van der Waals surface area contributed by atoms with Crippen LogP contribution >= 0.6 is 20.7 Å². The molecule has 1 aliphatic rings. The maximum absolute atomic E-state index is 5.83. The molecule has 0 bridgehead atoms. The summed E-state index contributed by atoms with van der Waals surface area (Å²) >= 11 is 4.77. The minimum absolute atomic E-state index is 0.496. The quantitative estimate of drug-likeness (QED) is 0.464. The van der Waals surface area contributed by atoms with E-state index >= 15 is 0 Å². The fraction of sp³-hybridized carbons (Fsp3) is 0.429. The zero-order valence-electron chi connectivity index (χ0n) is 14.9. The number of rotatable bonds is 7. The normalized spacial score (nSPS) is 16.7. The lowest BCUT2D eigenvalue weighted by Gasteiger charge is -2.25. The smallest absolute Gasteiger partial charge is 0.119 e. The Labute approximate surface area is 152 Å². The molecule has 1 fully saturated rings. The first-order valence-electron chi connectivity index (χ1n) is 8.69. The molecule has 0 saturated heterocycles. The molecule has 2 aromatic rings. The summed E-state index contributed by atoms with van der Waals surface area (Å²) < 4.78 is 5.83. The monoisotopic (exact) mass is 360 g/mol. The highest BCUT2D eigenvalue weighted by Gasteiger charge is 2.21. The van der Waals surface area contributed by atoms with Gasteiger partial charge >= 0.3 is 0 Å². The molecule has 0 radical (unpaired) electrons. The second-order valence-corrected chi connectivity index (χ2v) is 13.1. The van der Waals surface area contributed by atoms with Crippen LogP contribution in [0.3, 0.4) is 0 Å². The van der Waals surface area contributed by atoms with E-state index in [9.17, 15) is 0 Å². The van der Waals surface area contributed by atoms with Crippen LogP contribution in [-0.2, 0) is 6.42 Å². The Bertz CT molecular complexity index is 669. The van der Waals surface area contributed by atoms with Gasteiger partial charge < -0.3 is 4.74 Å². The van der Waals surface area contributed by atoms with Crippen molar-refractivity contribution in [2.75, 3.05) is 19.1 Å². The van der Waals surface area contributed by atoms with Gasteiger partial charge in [0.2, 0.25) is 0 Å². The maximum atomic E-state index is 5.83. The predicted octanol–water partition coefficient (Wildman–Crippen LogP) is 6.09. The van der Waals surface area contributed by atoms with Crippen LogP contribution in [-0.4, -0.2) is 19.1 Å². The summed E-state index contributed by atoms with van der Waals surface area (Å²) in [7, 11) is -0.962. The summed E-state index contributed by atoms with van der Waals surface area (Å²) in [6.07, 6.45) is 8.16. The Hall–Kier alpha value is -1.06. The van der Waals surface area contributed by atoms with Gasteiger partial charge in [-0.05, 0) is 83.9 Å². The largest absolute Gasteiger partial charge is 0.493 e. The molecule has 3 rings (SSSR count). The zero-order valence-corrected chi connectivity index (χ0v) is 16.6. The maximum Gasteiger partial charge on any atom is 0.119 e. The van der Waals surface area contributed by atoms with Gasteiger partial charge in [-0.3, -0.25) is 0 Å². The lowest BCUT2D eigenvalue weighted by atomic mass is 9.94. The average Bonchev–Trinajstić information content (AvgIpc) is 3.37. The molecular weight excluding hydrogens is 332 g/mol. The highest BCUT2D eigenvalue weighted by Crippen LogP contribution is 2.53. The van der Waals surface area contributed by atoms with Crippen LogP contribution in [0.15, 0.2) is 53.4 Å². The van der Waals surface area contributed by atoms with Crippen molar-refractivity contribution >= 4 is 20.7 Å². The van der Waals surface area contributed by atoms with Crippen LogP contribution in [0.2, 0.25) is 0 Å². The van der Waals surface area contributed by atoms with Crippen LogP contribution in [0.5, 0.6) is 5.75 Å². The van der Waals surface area contributed by atoms with Crippen molar-refractivity contribution in [2.24, 2.45) is 5.92 Å². The first-order chi connectivity index (χ1) is 11.4. The van der Waals surface area contributed by atoms with Crippen molar-refractivity contribution in [3.05, 3.63) is 59.7 Å². The molecule has 1 nitrogen and oxygen atoms in total. The SMILES string of the molecule is CC(Cc1cccc(S(C)(C)S)c1)c1ccc(OCC2CC2)cc1. The van der Waals surface area contributed by atoms with E-state index in [0.717, 1.165) is 24.7 Å². The first-order valence-corrected chi connectivity index (χ1v) is 12.2. The Morgan fingerprint density at radius 1 is 1.12 bits per heavy atom. The Kier molecular flexibility index (Phi) is 5.51. The van der Waals surface area contributed by atoms with Crippen LogP contribution in [0.4, 0.5) is 0 Å². The zero-order chi connectivity index (χ0) is 17.2. The highest BCUT2D eigenvalue weighted by atomic mass is 33.1. The van der Waals surface area contributed by atoms with Crippen molar-refractivity contribution in [1.29, 1.82) is 0 Å². The predicted molar refractivity (Wildman–Crippen MR) is 110 cm³/mol. The van der Waals surface area contributed by atoms with Crippen LogP contribution in [0, 0.1) is 5.92 Å². The standard InChI is InChI=1S/C21H28OS2/c1-16(13-18-5-4-6-21(14-18)24(2,3)23)19-9-11-20(12-10-19)22-15-17-7-8-17/h4-6,9-12,14,16-17,23H,7-8,13,15H2,1-3H3. The van der Waals surface area contributed by atoms with E-state index in [4.69, 9.17) is 16.4 Å². The van der Waals surface area contributed by atoms with Crippen molar-refractivity contribution in [3.63, 3.8) is 0 Å². The summed E-state index contributed by atoms with van der Waals surface area (Å²) in [5.41, 5.74) is 2.76. The Morgan fingerprint density at radius 3 is 2.46 bits per heavy atom. The summed E-state index contributed by atoms with van der Waals surface area (Å²) in [5, 5.41) is 0. The van der Waals surface area contributed by atoms with Crippen LogP contribution in [0.25, 0.3) is 0 Å². The second kappa shape index (κ2) is 7.45. The molecule has 0 N–H and O–H groups in total. The minimum Gasteiger partial charge on any atom is -0.493 e. The third kappa shape index (κ3) is 4.97. The fourth-order valence-corrected chi connectivity index (χ4v) is 4.04. The molecule has 1 atom stereocenters. The van der Waals surface area contributed by atoms with Crippen LogP contribution < -0.4 is 4.74 Å². The van der Waals surface area contributed by atoms with Crippen molar-refractivity contribution < 1.29 is 4.74 Å². The summed E-state index contributed by atoms with van der Waals surface area (Å²) in [4.78, 5) is 1.36. The summed E-state index contributed by atoms with van der Waals surface area (Å²) in [6.45, 7) is 3.18. The number of thiol groups is 1. The summed E-state index contributed by atoms with van der Waals surface area (Å²) in [6, 6.07) is 17.6. The second-order valence-electron chi connectivity index (χ2n) is 7.35.